The Bertz CT molecular complexity index is 4090. The van der Waals surface area contributed by atoms with Crippen molar-refractivity contribution in [3.63, 3.8) is 0 Å². The molecule has 4 heteroatoms. The third kappa shape index (κ3) is 6.46. The van der Waals surface area contributed by atoms with Crippen LogP contribution in [0.3, 0.4) is 0 Å². The molecule has 9 aromatic carbocycles. The standard InChI is InChI=1S/C68H67BN2S/c1-64(2,3)41-24-20-38(21-25-41)49-34-42(65(4,5)6)26-30-53(49)70-61-48-29-23-40-33-44(67(10,11)12)32-39-22-28-47(57(48)56(39)40)58-52-37-45(68(13,14)15)36-51-50-35-43(66(7,8)9)27-31-54(50)71(60(51)52)69(59(58)61)63-62(70)46-18-16-17-19-55(46)72-63/h16-37H,1-15H3. The summed E-state index contributed by atoms with van der Waals surface area (Å²) in [6.45, 7) is 35.2. The van der Waals surface area contributed by atoms with Gasteiger partial charge in [0.15, 0.2) is 0 Å². The van der Waals surface area contributed by atoms with E-state index in [-0.39, 0.29) is 33.9 Å². The van der Waals surface area contributed by atoms with Crippen molar-refractivity contribution in [3.8, 4) is 22.3 Å². The molecule has 2 aliphatic rings. The molecule has 2 nitrogen and oxygen atoms in total. The Morgan fingerprint density at radius 3 is 1.62 bits per heavy atom. The van der Waals surface area contributed by atoms with Crippen LogP contribution >= 0.6 is 11.3 Å². The number of hydrogen-bond acceptors (Lipinski definition) is 2. The van der Waals surface area contributed by atoms with Crippen molar-refractivity contribution < 1.29 is 0 Å². The van der Waals surface area contributed by atoms with Gasteiger partial charge in [0.05, 0.1) is 17.1 Å². The Kier molecular flexibility index (Phi) is 9.27. The Hall–Kier alpha value is -6.36. The monoisotopic (exact) mass is 955 g/mol. The smallest absolute Gasteiger partial charge is 0.343 e. The fourth-order valence-electron chi connectivity index (χ4n) is 12.5. The summed E-state index contributed by atoms with van der Waals surface area (Å²) in [4.78, 5) is 2.76. The van der Waals surface area contributed by atoms with Crippen LogP contribution in [-0.2, 0) is 27.1 Å². The number of anilines is 3. The van der Waals surface area contributed by atoms with Gasteiger partial charge in [-0.05, 0) is 135 Å². The molecule has 0 atom stereocenters. The van der Waals surface area contributed by atoms with Gasteiger partial charge in [-0.2, -0.15) is 0 Å². The van der Waals surface area contributed by atoms with E-state index in [9.17, 15) is 0 Å². The number of aromatic nitrogens is 1. The van der Waals surface area contributed by atoms with Crippen LogP contribution in [0.15, 0.2) is 133 Å². The molecular formula is C68H67BN2S. The predicted octanol–water partition coefficient (Wildman–Crippen LogP) is 18.5. The van der Waals surface area contributed by atoms with Gasteiger partial charge in [0.2, 0.25) is 0 Å². The molecule has 72 heavy (non-hydrogen) atoms. The number of rotatable bonds is 2. The predicted molar refractivity (Wildman–Crippen MR) is 318 cm³/mol. The van der Waals surface area contributed by atoms with E-state index < -0.39 is 0 Å². The van der Waals surface area contributed by atoms with Crippen molar-refractivity contribution >= 4 is 110 Å². The zero-order valence-corrected chi connectivity index (χ0v) is 45.9. The van der Waals surface area contributed by atoms with E-state index in [1.807, 2.05) is 11.3 Å². The summed E-state index contributed by atoms with van der Waals surface area (Å²) >= 11 is 1.99. The maximum absolute atomic E-state index is 2.79. The average molecular weight is 955 g/mol. The molecule has 13 rings (SSSR count). The van der Waals surface area contributed by atoms with Gasteiger partial charge in [0.25, 0.3) is 0 Å². The minimum atomic E-state index is -0.0816. The van der Waals surface area contributed by atoms with Gasteiger partial charge in [-0.1, -0.05) is 195 Å². The number of nitrogens with zero attached hydrogens (tertiary/aromatic N) is 2. The van der Waals surface area contributed by atoms with Crippen molar-refractivity contribution in [1.82, 2.24) is 4.48 Å². The van der Waals surface area contributed by atoms with Crippen LogP contribution < -0.4 is 15.1 Å². The highest BCUT2D eigenvalue weighted by molar-refractivity contribution is 7.32. The lowest BCUT2D eigenvalue weighted by atomic mass is 9.47. The Balaban J connectivity index is 1.27. The zero-order valence-electron chi connectivity index (χ0n) is 45.1. The molecule has 0 aliphatic carbocycles. The topological polar surface area (TPSA) is 8.17 Å². The van der Waals surface area contributed by atoms with E-state index in [4.69, 9.17) is 0 Å². The molecule has 0 fully saturated rings. The highest BCUT2D eigenvalue weighted by Crippen LogP contribution is 2.56. The third-order valence-corrected chi connectivity index (χ3v) is 17.9. The zero-order chi connectivity index (χ0) is 50.5. The lowest BCUT2D eigenvalue weighted by molar-refractivity contribution is 0.590. The molecule has 2 aromatic heterocycles. The maximum atomic E-state index is 2.79. The van der Waals surface area contributed by atoms with Crippen molar-refractivity contribution in [1.29, 1.82) is 0 Å². The second kappa shape index (κ2) is 14.7. The largest absolute Gasteiger partial charge is 0.375 e. The number of hydrogen-bond donors (Lipinski definition) is 0. The first-order valence-electron chi connectivity index (χ1n) is 26.4. The first kappa shape index (κ1) is 45.5. The molecular weight excluding hydrogens is 888 g/mol. The first-order chi connectivity index (χ1) is 33.9. The minimum Gasteiger partial charge on any atom is -0.375 e. The summed E-state index contributed by atoms with van der Waals surface area (Å²) in [5.74, 6) is 0. The van der Waals surface area contributed by atoms with Gasteiger partial charge in [0.1, 0.15) is 0 Å². The fraction of sp³-hybridized carbons (Fsp3) is 0.294. The number of benzene rings is 9. The highest BCUT2D eigenvalue weighted by atomic mass is 32.1. The van der Waals surface area contributed by atoms with Crippen LogP contribution in [0, 0.1) is 0 Å². The number of thiophene rings is 1. The van der Waals surface area contributed by atoms with Crippen LogP contribution in [0.1, 0.15) is 132 Å². The van der Waals surface area contributed by atoms with Crippen molar-refractivity contribution in [2.24, 2.45) is 0 Å². The van der Waals surface area contributed by atoms with Gasteiger partial charge < -0.3 is 9.38 Å². The Labute approximate surface area is 431 Å². The van der Waals surface area contributed by atoms with Gasteiger partial charge in [0, 0.05) is 58.6 Å². The summed E-state index contributed by atoms with van der Waals surface area (Å²) < 4.78 is 5.50. The van der Waals surface area contributed by atoms with Crippen LogP contribution in [0.5, 0.6) is 0 Å². The Morgan fingerprint density at radius 2 is 0.972 bits per heavy atom. The quantitative estimate of drug-likeness (QED) is 0.124. The lowest BCUT2D eigenvalue weighted by Crippen LogP contribution is -2.55. The summed E-state index contributed by atoms with van der Waals surface area (Å²) in [5, 5.41) is 12.0. The van der Waals surface area contributed by atoms with E-state index >= 15 is 0 Å². The van der Waals surface area contributed by atoms with Gasteiger partial charge >= 0.3 is 6.85 Å². The van der Waals surface area contributed by atoms with Crippen molar-refractivity contribution in [2.45, 2.75) is 131 Å². The molecule has 358 valence electrons. The van der Waals surface area contributed by atoms with E-state index in [2.05, 4.69) is 247 Å². The normalized spacial score (nSPS) is 14.3. The molecule has 0 radical (unpaired) electrons. The van der Waals surface area contributed by atoms with Crippen LogP contribution in [-0.4, -0.2) is 11.3 Å². The molecule has 0 unspecified atom stereocenters. The van der Waals surface area contributed by atoms with Crippen molar-refractivity contribution in [2.75, 3.05) is 4.90 Å². The summed E-state index contributed by atoms with van der Waals surface area (Å²) in [6, 6.07) is 53.5. The fourth-order valence-corrected chi connectivity index (χ4v) is 13.8. The lowest BCUT2D eigenvalue weighted by Gasteiger charge is -2.41. The van der Waals surface area contributed by atoms with Crippen molar-refractivity contribution in [3.05, 3.63) is 161 Å². The minimum absolute atomic E-state index is 0.000993. The maximum Gasteiger partial charge on any atom is 0.343 e. The van der Waals surface area contributed by atoms with Crippen LogP contribution in [0.25, 0.3) is 86.5 Å². The molecule has 2 aliphatic heterocycles. The van der Waals surface area contributed by atoms with E-state index in [1.54, 1.807) is 0 Å². The average Bonchev–Trinajstić information content (AvgIpc) is 3.87. The van der Waals surface area contributed by atoms with E-state index in [0.717, 1.165) is 0 Å². The van der Waals surface area contributed by atoms with Crippen LogP contribution in [0.4, 0.5) is 17.1 Å². The molecule has 0 N–H and O–H groups in total. The summed E-state index contributed by atoms with van der Waals surface area (Å²) in [7, 11) is 0. The Morgan fingerprint density at radius 1 is 0.417 bits per heavy atom. The second-order valence-corrected chi connectivity index (χ2v) is 27.7. The second-order valence-electron chi connectivity index (χ2n) is 26.7. The SMILES string of the molecule is CC(C)(C)c1ccc(-c2cc(C(C)(C)C)ccc2N2c3c(sc4ccccc34)B3c4c(c5ccc6cc(C(C)(C)C)cc7ccc(c42)c5c67)-c2cc(C(C)(C)C)cc4c5cc(C(C)(C)C)ccc5n3c24)cc1. The molecule has 0 amide bonds. The third-order valence-electron chi connectivity index (χ3n) is 16.6. The van der Waals surface area contributed by atoms with E-state index in [1.165, 1.54) is 142 Å². The molecule has 0 saturated heterocycles. The first-order valence-corrected chi connectivity index (χ1v) is 27.2. The van der Waals surface area contributed by atoms with Gasteiger partial charge in [-0.15, -0.1) is 11.3 Å². The highest BCUT2D eigenvalue weighted by Gasteiger charge is 2.47. The van der Waals surface area contributed by atoms with Gasteiger partial charge in [-0.25, -0.2) is 0 Å². The summed E-state index contributed by atoms with van der Waals surface area (Å²) in [5.41, 5.74) is 19.8. The van der Waals surface area contributed by atoms with Gasteiger partial charge in [-0.3, -0.25) is 0 Å². The van der Waals surface area contributed by atoms with Crippen LogP contribution in [0.2, 0.25) is 0 Å². The number of fused-ring (bicyclic) bond motifs is 11. The molecule has 0 spiro atoms. The molecule has 4 heterocycles. The summed E-state index contributed by atoms with van der Waals surface area (Å²) in [6.07, 6.45) is 0. The molecule has 0 bridgehead atoms. The van der Waals surface area contributed by atoms with E-state index in [0.29, 0.717) is 0 Å². The molecule has 11 aromatic rings. The molecule has 0 saturated carbocycles.